The number of nitrogens with one attached hydrogen (secondary N) is 1. The Labute approximate surface area is 179 Å². The average Bonchev–Trinajstić information content (AvgIpc) is 2.67. The Balaban J connectivity index is 2.04. The van der Waals surface area contributed by atoms with Gasteiger partial charge in [0.15, 0.2) is 5.78 Å². The monoisotopic (exact) mass is 412 g/mol. The number of hydrogen-bond donors (Lipinski definition) is 1. The number of carbonyl (C=O) groups is 2. The van der Waals surface area contributed by atoms with Crippen molar-refractivity contribution in [2.24, 2.45) is 0 Å². The van der Waals surface area contributed by atoms with Gasteiger partial charge < -0.3 is 14.8 Å². The van der Waals surface area contributed by atoms with Gasteiger partial charge in [-0.3, -0.25) is 9.69 Å². The molecule has 6 heteroatoms. The van der Waals surface area contributed by atoms with E-state index in [1.807, 2.05) is 81.1 Å². The highest BCUT2D eigenvalue weighted by Crippen LogP contribution is 2.14. The Bertz CT molecular complexity index is 841. The summed E-state index contributed by atoms with van der Waals surface area (Å²) in [7, 11) is 1.63. The van der Waals surface area contributed by atoms with Gasteiger partial charge in [0.25, 0.3) is 0 Å². The predicted molar refractivity (Wildman–Crippen MR) is 118 cm³/mol. The van der Waals surface area contributed by atoms with E-state index in [2.05, 4.69) is 5.32 Å². The predicted octanol–water partition coefficient (Wildman–Crippen LogP) is 4.21. The van der Waals surface area contributed by atoms with Crippen LogP contribution in [0.1, 0.15) is 42.3 Å². The SMILES string of the molecule is COc1ccc(CN(CCNC(=O)OC(C)(C)C)CC(=O)c2ccccc2C)cc1. The number of carbonyl (C=O) groups excluding carboxylic acids is 2. The summed E-state index contributed by atoms with van der Waals surface area (Å²) in [6, 6.07) is 15.3. The lowest BCUT2D eigenvalue weighted by Gasteiger charge is -2.23. The summed E-state index contributed by atoms with van der Waals surface area (Å²) in [6.07, 6.45) is -0.461. The third-order valence-electron chi connectivity index (χ3n) is 4.47. The standard InChI is InChI=1S/C24H32N2O4/c1-18-8-6-7-9-21(18)22(27)17-26(15-14-25-23(28)30-24(2,3)4)16-19-10-12-20(29-5)13-11-19/h6-13H,14-17H2,1-5H3,(H,25,28). The summed E-state index contributed by atoms with van der Waals surface area (Å²) in [6.45, 7) is 9.14. The number of ketones is 1. The molecule has 0 unspecified atom stereocenters. The second-order valence-electron chi connectivity index (χ2n) is 8.23. The molecule has 0 radical (unpaired) electrons. The number of hydrogen-bond acceptors (Lipinski definition) is 5. The molecule has 6 nitrogen and oxygen atoms in total. The van der Waals surface area contributed by atoms with Gasteiger partial charge in [0, 0.05) is 25.2 Å². The molecule has 0 aliphatic carbocycles. The number of nitrogens with zero attached hydrogens (tertiary/aromatic N) is 1. The normalized spacial score (nSPS) is 11.3. The molecule has 162 valence electrons. The lowest BCUT2D eigenvalue weighted by atomic mass is 10.0. The Kier molecular flexibility index (Phi) is 8.42. The van der Waals surface area contributed by atoms with E-state index in [-0.39, 0.29) is 12.3 Å². The van der Waals surface area contributed by atoms with Gasteiger partial charge in [0.1, 0.15) is 11.4 Å². The third kappa shape index (κ3) is 7.87. The molecule has 2 aromatic rings. The van der Waals surface area contributed by atoms with Gasteiger partial charge in [-0.15, -0.1) is 0 Å². The van der Waals surface area contributed by atoms with Crippen LogP contribution < -0.4 is 10.1 Å². The fraction of sp³-hybridized carbons (Fsp3) is 0.417. The summed E-state index contributed by atoms with van der Waals surface area (Å²) in [5.74, 6) is 0.840. The van der Waals surface area contributed by atoms with E-state index in [4.69, 9.17) is 9.47 Å². The van der Waals surface area contributed by atoms with Crippen molar-refractivity contribution in [3.8, 4) is 5.75 Å². The first-order chi connectivity index (χ1) is 14.2. The van der Waals surface area contributed by atoms with Crippen molar-refractivity contribution in [1.82, 2.24) is 10.2 Å². The lowest BCUT2D eigenvalue weighted by Crippen LogP contribution is -2.39. The zero-order valence-corrected chi connectivity index (χ0v) is 18.5. The molecule has 0 saturated heterocycles. The van der Waals surface area contributed by atoms with Crippen molar-refractivity contribution in [1.29, 1.82) is 0 Å². The first-order valence-corrected chi connectivity index (χ1v) is 10.1. The van der Waals surface area contributed by atoms with E-state index >= 15 is 0 Å². The van der Waals surface area contributed by atoms with Crippen LogP contribution in [0.2, 0.25) is 0 Å². The van der Waals surface area contributed by atoms with Crippen molar-refractivity contribution >= 4 is 11.9 Å². The van der Waals surface area contributed by atoms with Crippen LogP contribution in [-0.4, -0.2) is 49.1 Å². The van der Waals surface area contributed by atoms with Gasteiger partial charge in [-0.25, -0.2) is 4.79 Å². The number of benzene rings is 2. The van der Waals surface area contributed by atoms with Crippen LogP contribution in [0.3, 0.4) is 0 Å². The van der Waals surface area contributed by atoms with Gasteiger partial charge in [0.2, 0.25) is 0 Å². The summed E-state index contributed by atoms with van der Waals surface area (Å²) >= 11 is 0. The summed E-state index contributed by atoms with van der Waals surface area (Å²) in [4.78, 5) is 26.8. The number of methoxy groups -OCH3 is 1. The van der Waals surface area contributed by atoms with Gasteiger partial charge in [0.05, 0.1) is 13.7 Å². The van der Waals surface area contributed by atoms with E-state index in [0.717, 1.165) is 22.4 Å². The number of rotatable bonds is 9. The highest BCUT2D eigenvalue weighted by atomic mass is 16.6. The van der Waals surface area contributed by atoms with Crippen LogP contribution in [0.5, 0.6) is 5.75 Å². The quantitative estimate of drug-likeness (QED) is 0.625. The molecule has 0 aliphatic heterocycles. The highest BCUT2D eigenvalue weighted by Gasteiger charge is 2.18. The Morgan fingerprint density at radius 1 is 1.03 bits per heavy atom. The Hall–Kier alpha value is -2.86. The largest absolute Gasteiger partial charge is 0.497 e. The molecule has 0 heterocycles. The second kappa shape index (κ2) is 10.8. The van der Waals surface area contributed by atoms with Gasteiger partial charge in [-0.2, -0.15) is 0 Å². The van der Waals surface area contributed by atoms with Crippen molar-refractivity contribution in [3.05, 3.63) is 65.2 Å². The van der Waals surface area contributed by atoms with Crippen LogP contribution in [-0.2, 0) is 11.3 Å². The molecule has 2 aromatic carbocycles. The Morgan fingerprint density at radius 2 is 1.70 bits per heavy atom. The van der Waals surface area contributed by atoms with E-state index in [9.17, 15) is 9.59 Å². The summed E-state index contributed by atoms with van der Waals surface area (Å²) in [5, 5.41) is 2.76. The molecular formula is C24H32N2O4. The minimum absolute atomic E-state index is 0.0545. The van der Waals surface area contributed by atoms with E-state index < -0.39 is 11.7 Å². The zero-order valence-electron chi connectivity index (χ0n) is 18.5. The van der Waals surface area contributed by atoms with Crippen LogP contribution in [0.25, 0.3) is 0 Å². The molecule has 0 aliphatic rings. The van der Waals surface area contributed by atoms with Crippen LogP contribution in [0.15, 0.2) is 48.5 Å². The lowest BCUT2D eigenvalue weighted by molar-refractivity contribution is 0.0522. The number of ether oxygens (including phenoxy) is 2. The first kappa shape index (κ1) is 23.4. The van der Waals surface area contributed by atoms with Crippen LogP contribution >= 0.6 is 0 Å². The van der Waals surface area contributed by atoms with E-state index in [0.29, 0.717) is 19.6 Å². The molecule has 2 rings (SSSR count). The van der Waals surface area contributed by atoms with Gasteiger partial charge in [-0.1, -0.05) is 36.4 Å². The van der Waals surface area contributed by atoms with Crippen molar-refractivity contribution < 1.29 is 19.1 Å². The van der Waals surface area contributed by atoms with Crippen LogP contribution in [0, 0.1) is 6.92 Å². The molecule has 1 N–H and O–H groups in total. The molecule has 30 heavy (non-hydrogen) atoms. The van der Waals surface area contributed by atoms with Crippen molar-refractivity contribution in [2.75, 3.05) is 26.7 Å². The topological polar surface area (TPSA) is 67.9 Å². The number of alkyl carbamates (subject to hydrolysis) is 1. The maximum Gasteiger partial charge on any atom is 0.407 e. The average molecular weight is 413 g/mol. The minimum atomic E-state index is -0.548. The number of aryl methyl sites for hydroxylation is 1. The maximum atomic E-state index is 12.9. The summed E-state index contributed by atoms with van der Waals surface area (Å²) < 4.78 is 10.5. The highest BCUT2D eigenvalue weighted by molar-refractivity contribution is 5.98. The molecular weight excluding hydrogens is 380 g/mol. The fourth-order valence-electron chi connectivity index (χ4n) is 3.01. The minimum Gasteiger partial charge on any atom is -0.497 e. The molecule has 0 spiro atoms. The van der Waals surface area contributed by atoms with Crippen molar-refractivity contribution in [2.45, 2.75) is 39.8 Å². The second-order valence-corrected chi connectivity index (χ2v) is 8.23. The Morgan fingerprint density at radius 3 is 2.30 bits per heavy atom. The molecule has 0 fully saturated rings. The maximum absolute atomic E-state index is 12.9. The zero-order chi connectivity index (χ0) is 22.1. The fourth-order valence-corrected chi connectivity index (χ4v) is 3.01. The molecule has 1 amide bonds. The number of Topliss-reactive ketones (excluding diaryl/α,β-unsaturated/α-hetero) is 1. The third-order valence-corrected chi connectivity index (χ3v) is 4.47. The van der Waals surface area contributed by atoms with Crippen molar-refractivity contribution in [3.63, 3.8) is 0 Å². The van der Waals surface area contributed by atoms with Crippen LogP contribution in [0.4, 0.5) is 4.79 Å². The molecule has 0 bridgehead atoms. The smallest absolute Gasteiger partial charge is 0.407 e. The van der Waals surface area contributed by atoms with E-state index in [1.165, 1.54) is 0 Å². The summed E-state index contributed by atoms with van der Waals surface area (Å²) in [5.41, 5.74) is 2.19. The molecule has 0 saturated carbocycles. The first-order valence-electron chi connectivity index (χ1n) is 10.1. The van der Waals surface area contributed by atoms with E-state index in [1.54, 1.807) is 7.11 Å². The number of amides is 1. The van der Waals surface area contributed by atoms with Gasteiger partial charge >= 0.3 is 6.09 Å². The molecule has 0 aromatic heterocycles. The molecule has 0 atom stereocenters. The van der Waals surface area contributed by atoms with Gasteiger partial charge in [-0.05, 0) is 51.0 Å².